The highest BCUT2D eigenvalue weighted by molar-refractivity contribution is 6.23. The number of hydrogen-bond donors (Lipinski definition) is 1. The van der Waals surface area contributed by atoms with Crippen molar-refractivity contribution in [2.24, 2.45) is 0 Å². The summed E-state index contributed by atoms with van der Waals surface area (Å²) in [5.41, 5.74) is 1.60. The van der Waals surface area contributed by atoms with E-state index in [1.807, 2.05) is 55.1 Å². The number of amides is 1. The molecule has 4 fully saturated rings. The Morgan fingerprint density at radius 1 is 1.11 bits per heavy atom. The van der Waals surface area contributed by atoms with Gasteiger partial charge in [-0.25, -0.2) is 4.39 Å². The van der Waals surface area contributed by atoms with Gasteiger partial charge in [0, 0.05) is 35.8 Å². The minimum atomic E-state index is -0.545. The smallest absolute Gasteiger partial charge is 0.319 e. The van der Waals surface area contributed by atoms with Gasteiger partial charge in [0.15, 0.2) is 5.82 Å². The number of pyridine rings is 1. The first-order valence-corrected chi connectivity index (χ1v) is 16.8. The lowest BCUT2D eigenvalue weighted by Crippen LogP contribution is -2.58. The largest absolute Gasteiger partial charge is 0.461 e. The Bertz CT molecular complexity index is 1880. The summed E-state index contributed by atoms with van der Waals surface area (Å²) in [7, 11) is 0. The third kappa shape index (κ3) is 5.17. The molecule has 242 valence electrons. The van der Waals surface area contributed by atoms with Crippen molar-refractivity contribution in [1.29, 1.82) is 0 Å². The number of benzene rings is 2. The maximum atomic E-state index is 16.8. The van der Waals surface area contributed by atoms with Crippen LogP contribution in [0.15, 0.2) is 42.6 Å². The molecular formula is C37H41FN7O2+. The van der Waals surface area contributed by atoms with Gasteiger partial charge in [0.1, 0.15) is 23.6 Å². The number of ether oxygens (including phenoxy) is 1. The fourth-order valence-electron chi connectivity index (χ4n) is 8.36. The molecule has 4 saturated heterocycles. The third-order valence-corrected chi connectivity index (χ3v) is 10.4. The number of aromatic nitrogens is 3. The molecule has 0 radical (unpaired) electrons. The fraction of sp³-hybridized carbons (Fsp3) is 0.432. The van der Waals surface area contributed by atoms with Crippen molar-refractivity contribution in [3.05, 3.63) is 54.0 Å². The first-order valence-electron chi connectivity index (χ1n) is 16.8. The van der Waals surface area contributed by atoms with Gasteiger partial charge in [-0.15, -0.1) is 6.42 Å². The Kier molecular flexibility index (Phi) is 8.27. The molecule has 2 atom stereocenters. The minimum Gasteiger partial charge on any atom is -0.461 e. The second-order valence-corrected chi connectivity index (χ2v) is 12.8. The number of nitrogens with two attached hydrogens (primary N) is 1. The number of carbonyl (C=O) groups is 1. The molecule has 4 aliphatic heterocycles. The summed E-state index contributed by atoms with van der Waals surface area (Å²) >= 11 is 0. The molecule has 47 heavy (non-hydrogen) atoms. The van der Waals surface area contributed by atoms with Crippen LogP contribution in [0.3, 0.4) is 0 Å². The van der Waals surface area contributed by atoms with Crippen molar-refractivity contribution in [2.45, 2.75) is 70.0 Å². The van der Waals surface area contributed by atoms with Gasteiger partial charge in [-0.2, -0.15) is 9.97 Å². The number of nitrogens with zero attached hydrogens (tertiary/aromatic N) is 6. The van der Waals surface area contributed by atoms with Gasteiger partial charge < -0.3 is 14.5 Å². The number of hydrogen-bond acceptors (Lipinski definition) is 7. The SMILES string of the molecule is C#Cc1cccc2cccc(-c3ncc4c(N5CC6CCC(C5)N6C(=O)C=[NH2+])nc(OCC56CCCN5CCC6)nc4c3F)c12.CC. The van der Waals surface area contributed by atoms with E-state index in [-0.39, 0.29) is 40.8 Å². The number of carbonyl (C=O) groups excluding carboxylic acids is 1. The van der Waals surface area contributed by atoms with E-state index in [9.17, 15) is 4.79 Å². The van der Waals surface area contributed by atoms with Gasteiger partial charge in [0.2, 0.25) is 6.21 Å². The van der Waals surface area contributed by atoms with Gasteiger partial charge in [-0.05, 0) is 63.1 Å². The quantitative estimate of drug-likeness (QED) is 0.253. The summed E-state index contributed by atoms with van der Waals surface area (Å²) in [6.07, 6.45) is 14.9. The summed E-state index contributed by atoms with van der Waals surface area (Å²) in [6.45, 7) is 7.72. The maximum absolute atomic E-state index is 16.8. The molecule has 2 N–H and O–H groups in total. The van der Waals surface area contributed by atoms with Crippen molar-refractivity contribution in [2.75, 3.05) is 37.7 Å². The van der Waals surface area contributed by atoms with Crippen LogP contribution < -0.4 is 15.0 Å². The molecule has 4 aromatic rings. The maximum Gasteiger partial charge on any atom is 0.319 e. The molecule has 10 heteroatoms. The van der Waals surface area contributed by atoms with Crippen LogP contribution in [0.1, 0.15) is 57.9 Å². The van der Waals surface area contributed by atoms with E-state index in [0.29, 0.717) is 42.0 Å². The number of rotatable bonds is 6. The zero-order chi connectivity index (χ0) is 32.7. The van der Waals surface area contributed by atoms with Crippen LogP contribution >= 0.6 is 0 Å². The third-order valence-electron chi connectivity index (χ3n) is 10.4. The summed E-state index contributed by atoms with van der Waals surface area (Å²) in [6, 6.07) is 11.5. The Balaban J connectivity index is 0.00000172. The minimum absolute atomic E-state index is 0.00944. The molecule has 9 nitrogen and oxygen atoms in total. The van der Waals surface area contributed by atoms with Crippen molar-refractivity contribution in [3.63, 3.8) is 0 Å². The van der Waals surface area contributed by atoms with Crippen molar-refractivity contribution in [3.8, 4) is 29.6 Å². The predicted molar refractivity (Wildman–Crippen MR) is 182 cm³/mol. The van der Waals surface area contributed by atoms with Crippen LogP contribution in [0.25, 0.3) is 32.9 Å². The molecule has 0 saturated carbocycles. The Labute approximate surface area is 274 Å². The number of terminal acetylenes is 1. The lowest BCUT2D eigenvalue weighted by Gasteiger charge is -2.40. The van der Waals surface area contributed by atoms with Crippen molar-refractivity contribution < 1.29 is 19.3 Å². The zero-order valence-electron chi connectivity index (χ0n) is 27.1. The van der Waals surface area contributed by atoms with Crippen LogP contribution in [0.5, 0.6) is 6.01 Å². The predicted octanol–water partition coefficient (Wildman–Crippen LogP) is 4.01. The summed E-state index contributed by atoms with van der Waals surface area (Å²) in [5.74, 6) is 2.61. The number of piperazine rings is 1. The van der Waals surface area contributed by atoms with E-state index in [0.717, 1.165) is 68.6 Å². The van der Waals surface area contributed by atoms with Gasteiger partial charge in [-0.1, -0.05) is 50.1 Å². The van der Waals surface area contributed by atoms with Crippen molar-refractivity contribution in [1.82, 2.24) is 24.8 Å². The van der Waals surface area contributed by atoms with Crippen LogP contribution in [-0.2, 0) is 4.79 Å². The summed E-state index contributed by atoms with van der Waals surface area (Å²) in [4.78, 5) is 33.4. The highest BCUT2D eigenvalue weighted by atomic mass is 19.1. The molecule has 2 aromatic heterocycles. The standard InChI is InChI=1S/C35H34FN7O2.C2H6/c1-2-22-7-3-8-23-9-4-10-26(29(22)23)31-30(36)32-27(18-38-31)33(41-19-24-11-12-25(20-41)43(24)28(44)17-37)40-34(39-32)45-21-35-13-5-15-42(35)16-6-14-35;1-2/h1,3-4,7-10,17-18,24-25,37H,5-6,11-16,19-21H2;1-2H3/p+1. The van der Waals surface area contributed by atoms with Gasteiger partial charge >= 0.3 is 11.9 Å². The Morgan fingerprint density at radius 3 is 2.49 bits per heavy atom. The Morgan fingerprint density at radius 2 is 1.81 bits per heavy atom. The van der Waals surface area contributed by atoms with Crippen LogP contribution in [0.4, 0.5) is 10.2 Å². The highest BCUT2D eigenvalue weighted by Gasteiger charge is 2.46. The van der Waals surface area contributed by atoms with E-state index in [4.69, 9.17) is 26.5 Å². The molecule has 2 bridgehead atoms. The molecule has 8 rings (SSSR count). The van der Waals surface area contributed by atoms with E-state index >= 15 is 4.39 Å². The van der Waals surface area contributed by atoms with E-state index in [1.165, 1.54) is 0 Å². The second-order valence-electron chi connectivity index (χ2n) is 12.8. The molecule has 6 heterocycles. The molecule has 1 amide bonds. The van der Waals surface area contributed by atoms with E-state index in [1.54, 1.807) is 6.20 Å². The van der Waals surface area contributed by atoms with Crippen LogP contribution in [0, 0.1) is 18.2 Å². The van der Waals surface area contributed by atoms with Crippen molar-refractivity contribution >= 4 is 39.6 Å². The van der Waals surface area contributed by atoms with Gasteiger partial charge in [0.25, 0.3) is 0 Å². The summed E-state index contributed by atoms with van der Waals surface area (Å²) < 4.78 is 23.2. The highest BCUT2D eigenvalue weighted by Crippen LogP contribution is 2.41. The molecule has 0 aliphatic carbocycles. The normalized spacial score (nSPS) is 21.3. The van der Waals surface area contributed by atoms with E-state index < -0.39 is 5.82 Å². The fourth-order valence-corrected chi connectivity index (χ4v) is 8.36. The first-order chi connectivity index (χ1) is 23.0. The molecule has 2 unspecified atom stereocenters. The monoisotopic (exact) mass is 634 g/mol. The van der Waals surface area contributed by atoms with Gasteiger partial charge in [-0.3, -0.25) is 20.1 Å². The number of anilines is 1. The lowest BCUT2D eigenvalue weighted by molar-refractivity contribution is -0.141. The van der Waals surface area contributed by atoms with Crippen LogP contribution in [-0.4, -0.2) is 87.3 Å². The number of fused-ring (bicyclic) bond motifs is 5. The molecule has 4 aliphatic rings. The van der Waals surface area contributed by atoms with Crippen LogP contribution in [0.2, 0.25) is 0 Å². The zero-order valence-corrected chi connectivity index (χ0v) is 27.1. The molecule has 2 aromatic carbocycles. The second kappa shape index (κ2) is 12.5. The summed E-state index contributed by atoms with van der Waals surface area (Å²) in [5, 5.41) is 7.80. The average Bonchev–Trinajstić information content (AvgIpc) is 3.78. The molecule has 0 spiro atoms. The number of halogens is 1. The van der Waals surface area contributed by atoms with E-state index in [2.05, 4.69) is 20.7 Å². The average molecular weight is 635 g/mol. The lowest BCUT2D eigenvalue weighted by atomic mass is 9.95. The topological polar surface area (TPSA) is 100 Å². The van der Waals surface area contributed by atoms with Gasteiger partial charge in [0.05, 0.1) is 23.0 Å². The first kappa shape index (κ1) is 31.0. The molecular weight excluding hydrogens is 593 g/mol. The Hall–Kier alpha value is -4.62.